The predicted octanol–water partition coefficient (Wildman–Crippen LogP) is 3.75. The number of aryl methyl sites for hydroxylation is 3. The van der Waals surface area contributed by atoms with Crippen LogP contribution in [0.2, 0.25) is 0 Å². The second kappa shape index (κ2) is 8.45. The Balaban J connectivity index is 1.82. The Hall–Kier alpha value is -3.29. The Morgan fingerprint density at radius 1 is 1.26 bits per heavy atom. The Kier molecular flexibility index (Phi) is 5.71. The highest BCUT2D eigenvalue weighted by Crippen LogP contribution is 2.39. The number of hydrogen-bond acceptors (Lipinski definition) is 7. The molecule has 1 aliphatic heterocycles. The molecule has 1 amide bonds. The largest absolute Gasteiger partial charge is 0.361 e. The fraction of sp³-hybridized carbons (Fsp3) is 0.435. The fourth-order valence-corrected chi connectivity index (χ4v) is 4.21. The molecule has 0 radical (unpaired) electrons. The van der Waals surface area contributed by atoms with Crippen molar-refractivity contribution in [2.45, 2.75) is 46.1 Å². The van der Waals surface area contributed by atoms with Crippen LogP contribution in [0.25, 0.3) is 11.1 Å². The average Bonchev–Trinajstić information content (AvgIpc) is 3.40. The number of hydrogen-bond donors (Lipinski definition) is 0. The minimum absolute atomic E-state index is 0.0412. The zero-order chi connectivity index (χ0) is 22.1. The van der Waals surface area contributed by atoms with Crippen molar-refractivity contribution in [3.05, 3.63) is 52.9 Å². The molecule has 4 heterocycles. The predicted molar refractivity (Wildman–Crippen MR) is 118 cm³/mol. The van der Waals surface area contributed by atoms with Crippen molar-refractivity contribution in [1.82, 2.24) is 25.0 Å². The lowest BCUT2D eigenvalue weighted by Gasteiger charge is -2.27. The molecule has 1 fully saturated rings. The maximum atomic E-state index is 13.6. The molecule has 0 spiro atoms. The van der Waals surface area contributed by atoms with Crippen LogP contribution in [0.1, 0.15) is 58.9 Å². The van der Waals surface area contributed by atoms with Gasteiger partial charge in [0.2, 0.25) is 5.95 Å². The lowest BCUT2D eigenvalue weighted by atomic mass is 9.97. The first-order valence-corrected chi connectivity index (χ1v) is 10.6. The van der Waals surface area contributed by atoms with E-state index < -0.39 is 0 Å². The quantitative estimate of drug-likeness (QED) is 0.621. The van der Waals surface area contributed by atoms with E-state index in [1.165, 1.54) is 0 Å². The molecule has 0 aliphatic carbocycles. The first-order valence-electron chi connectivity index (χ1n) is 10.6. The first kappa shape index (κ1) is 21.0. The summed E-state index contributed by atoms with van der Waals surface area (Å²) >= 11 is 0. The maximum Gasteiger partial charge on any atom is 0.259 e. The Labute approximate surface area is 182 Å². The number of nitrogens with zero attached hydrogens (tertiary/aromatic N) is 6. The first-order chi connectivity index (χ1) is 14.9. The van der Waals surface area contributed by atoms with E-state index in [-0.39, 0.29) is 11.9 Å². The van der Waals surface area contributed by atoms with Gasteiger partial charge < -0.3 is 14.3 Å². The van der Waals surface area contributed by atoms with Gasteiger partial charge in [-0.2, -0.15) is 0 Å². The molecule has 3 aromatic heterocycles. The topological polar surface area (TPSA) is 88.3 Å². The highest BCUT2D eigenvalue weighted by atomic mass is 16.5. The minimum atomic E-state index is -0.143. The van der Waals surface area contributed by atoms with Crippen LogP contribution >= 0.6 is 0 Å². The van der Waals surface area contributed by atoms with Crippen LogP contribution in [0.5, 0.6) is 0 Å². The molecule has 162 valence electrons. The van der Waals surface area contributed by atoms with Gasteiger partial charge in [-0.15, -0.1) is 0 Å². The number of likely N-dealkylation sites (tertiary alicyclic amines) is 1. The van der Waals surface area contributed by atoms with Gasteiger partial charge in [0.25, 0.3) is 5.91 Å². The molecule has 0 bridgehead atoms. The second-order valence-electron chi connectivity index (χ2n) is 8.12. The average molecular weight is 421 g/mol. The Bertz CT molecular complexity index is 1110. The third kappa shape index (κ3) is 3.78. The van der Waals surface area contributed by atoms with Gasteiger partial charge in [-0.25, -0.2) is 9.97 Å². The molecule has 1 atom stereocenters. The number of anilines is 1. The van der Waals surface area contributed by atoms with Crippen molar-refractivity contribution in [2.24, 2.45) is 0 Å². The van der Waals surface area contributed by atoms with Crippen LogP contribution in [-0.2, 0) is 6.42 Å². The van der Waals surface area contributed by atoms with Gasteiger partial charge in [0.15, 0.2) is 0 Å². The highest BCUT2D eigenvalue weighted by Gasteiger charge is 2.36. The van der Waals surface area contributed by atoms with Crippen LogP contribution in [0.4, 0.5) is 5.95 Å². The summed E-state index contributed by atoms with van der Waals surface area (Å²) in [5.41, 5.74) is 5.17. The molecule has 0 N–H and O–H groups in total. The maximum absolute atomic E-state index is 13.6. The van der Waals surface area contributed by atoms with E-state index in [0.29, 0.717) is 35.9 Å². The van der Waals surface area contributed by atoms with E-state index >= 15 is 0 Å². The van der Waals surface area contributed by atoms with E-state index in [2.05, 4.69) is 15.1 Å². The summed E-state index contributed by atoms with van der Waals surface area (Å²) in [4.78, 5) is 31.1. The van der Waals surface area contributed by atoms with Crippen molar-refractivity contribution in [3.8, 4) is 11.1 Å². The van der Waals surface area contributed by atoms with Crippen LogP contribution in [-0.4, -0.2) is 51.6 Å². The second-order valence-corrected chi connectivity index (χ2v) is 8.12. The Morgan fingerprint density at radius 2 is 2.06 bits per heavy atom. The van der Waals surface area contributed by atoms with E-state index in [1.807, 2.05) is 56.2 Å². The highest BCUT2D eigenvalue weighted by molar-refractivity contribution is 5.96. The van der Waals surface area contributed by atoms with Crippen LogP contribution in [0.3, 0.4) is 0 Å². The Morgan fingerprint density at radius 3 is 2.77 bits per heavy atom. The van der Waals surface area contributed by atoms with Crippen molar-refractivity contribution in [3.63, 3.8) is 0 Å². The van der Waals surface area contributed by atoms with Crippen LogP contribution in [0.15, 0.2) is 29.2 Å². The number of carbonyl (C=O) groups excluding carboxylic acids is 1. The molecule has 0 saturated carbocycles. The van der Waals surface area contributed by atoms with E-state index in [1.54, 1.807) is 13.1 Å². The number of carbonyl (C=O) groups is 1. The van der Waals surface area contributed by atoms with Gasteiger partial charge in [-0.1, -0.05) is 12.1 Å². The van der Waals surface area contributed by atoms with Gasteiger partial charge in [-0.3, -0.25) is 9.78 Å². The SMILES string of the molecule is CCc1noc(C)c1C(=O)N1CCCC1c1nc(N(C)C)ncc1-c1ccncc1C. The lowest BCUT2D eigenvalue weighted by Crippen LogP contribution is -2.32. The number of pyridine rings is 1. The molecule has 1 saturated heterocycles. The summed E-state index contributed by atoms with van der Waals surface area (Å²) < 4.78 is 5.33. The zero-order valence-corrected chi connectivity index (χ0v) is 18.7. The zero-order valence-electron chi connectivity index (χ0n) is 18.7. The molecular weight excluding hydrogens is 392 g/mol. The molecule has 0 aromatic carbocycles. The van der Waals surface area contributed by atoms with Crippen molar-refractivity contribution < 1.29 is 9.32 Å². The smallest absolute Gasteiger partial charge is 0.259 e. The third-order valence-corrected chi connectivity index (χ3v) is 5.83. The molecule has 1 unspecified atom stereocenters. The van der Waals surface area contributed by atoms with Gasteiger partial charge in [0.05, 0.1) is 17.4 Å². The summed E-state index contributed by atoms with van der Waals surface area (Å²) in [7, 11) is 3.84. The summed E-state index contributed by atoms with van der Waals surface area (Å²) in [6.07, 6.45) is 7.89. The number of aromatic nitrogens is 4. The molecular formula is C23H28N6O2. The number of rotatable bonds is 5. The van der Waals surface area contributed by atoms with Crippen LogP contribution in [0, 0.1) is 13.8 Å². The van der Waals surface area contributed by atoms with Crippen molar-refractivity contribution >= 4 is 11.9 Å². The fourth-order valence-electron chi connectivity index (χ4n) is 4.21. The summed E-state index contributed by atoms with van der Waals surface area (Å²) in [6.45, 7) is 6.48. The number of amides is 1. The van der Waals surface area contributed by atoms with Gasteiger partial charge in [0.1, 0.15) is 11.3 Å². The lowest BCUT2D eigenvalue weighted by molar-refractivity contribution is 0.0730. The molecule has 8 nitrogen and oxygen atoms in total. The monoisotopic (exact) mass is 420 g/mol. The van der Waals surface area contributed by atoms with Gasteiger partial charge >= 0.3 is 0 Å². The summed E-state index contributed by atoms with van der Waals surface area (Å²) in [5, 5.41) is 4.08. The normalized spacial score (nSPS) is 16.0. The summed E-state index contributed by atoms with van der Waals surface area (Å²) in [6, 6.07) is 1.84. The van der Waals surface area contributed by atoms with E-state index in [9.17, 15) is 4.79 Å². The van der Waals surface area contributed by atoms with E-state index in [0.717, 1.165) is 35.2 Å². The van der Waals surface area contributed by atoms with E-state index in [4.69, 9.17) is 9.51 Å². The summed E-state index contributed by atoms with van der Waals surface area (Å²) in [5.74, 6) is 1.15. The minimum Gasteiger partial charge on any atom is -0.361 e. The molecule has 8 heteroatoms. The molecule has 3 aromatic rings. The van der Waals surface area contributed by atoms with Crippen molar-refractivity contribution in [1.29, 1.82) is 0 Å². The standard InChI is InChI=1S/C23H28N6O2/c1-6-18-20(15(3)31-27-18)22(30)29-11-7-8-19(29)21-17(13-25-23(26-21)28(4)5)16-9-10-24-12-14(16)2/h9-10,12-13,19H,6-8,11H2,1-5H3. The third-order valence-electron chi connectivity index (χ3n) is 5.83. The molecule has 1 aliphatic rings. The van der Waals surface area contributed by atoms with Gasteiger partial charge in [-0.05, 0) is 50.3 Å². The molecule has 4 rings (SSSR count). The van der Waals surface area contributed by atoms with Crippen LogP contribution < -0.4 is 4.90 Å². The molecule has 31 heavy (non-hydrogen) atoms. The van der Waals surface area contributed by atoms with Crippen molar-refractivity contribution in [2.75, 3.05) is 25.5 Å². The van der Waals surface area contributed by atoms with Gasteiger partial charge in [0, 0.05) is 44.8 Å².